The average Bonchev–Trinajstić information content (AvgIpc) is 2.92. The lowest BCUT2D eigenvalue weighted by molar-refractivity contribution is -0.114. The van der Waals surface area contributed by atoms with Crippen LogP contribution >= 0.6 is 11.8 Å². The van der Waals surface area contributed by atoms with Crippen LogP contribution < -0.4 is 20.7 Å². The van der Waals surface area contributed by atoms with E-state index in [1.54, 1.807) is 61.5 Å². The Kier molecular flexibility index (Phi) is 8.46. The van der Waals surface area contributed by atoms with Gasteiger partial charge in [-0.25, -0.2) is 4.39 Å². The van der Waals surface area contributed by atoms with Crippen LogP contribution in [0.1, 0.15) is 18.4 Å². The normalized spacial score (nSPS) is 14.8. The fraction of sp³-hybridized carbons (Fsp3) is 0.138. The molecule has 192 valence electrons. The Balaban J connectivity index is 1.67. The molecule has 0 spiro atoms. The summed E-state index contributed by atoms with van der Waals surface area (Å²) in [5.41, 5.74) is 2.05. The van der Waals surface area contributed by atoms with E-state index in [2.05, 4.69) is 22.0 Å². The maximum absolute atomic E-state index is 15.1. The molecule has 1 aliphatic rings. The lowest BCUT2D eigenvalue weighted by atomic mass is 9.82. The molecule has 3 aromatic rings. The SMILES string of the molecule is COc1ccccc1NC(=O)C1=C(C)NC(SCC(=O)Nc2ccccc2)=C(C#N)C1c1ccccc1F. The molecule has 0 radical (unpaired) electrons. The molecule has 1 aliphatic heterocycles. The Bertz CT molecular complexity index is 1460. The first-order valence-corrected chi connectivity index (χ1v) is 12.7. The zero-order valence-electron chi connectivity index (χ0n) is 20.7. The third-order valence-electron chi connectivity index (χ3n) is 5.87. The summed E-state index contributed by atoms with van der Waals surface area (Å²) in [4.78, 5) is 26.1. The van der Waals surface area contributed by atoms with Gasteiger partial charge < -0.3 is 20.7 Å². The van der Waals surface area contributed by atoms with E-state index in [-0.39, 0.29) is 28.4 Å². The summed E-state index contributed by atoms with van der Waals surface area (Å²) >= 11 is 1.11. The minimum atomic E-state index is -0.989. The summed E-state index contributed by atoms with van der Waals surface area (Å²) < 4.78 is 20.4. The first kappa shape index (κ1) is 26.5. The highest BCUT2D eigenvalue weighted by atomic mass is 32.2. The van der Waals surface area contributed by atoms with Gasteiger partial charge in [-0.05, 0) is 37.3 Å². The number of halogens is 1. The monoisotopic (exact) mass is 528 g/mol. The lowest BCUT2D eigenvalue weighted by Crippen LogP contribution is -2.31. The van der Waals surface area contributed by atoms with Crippen molar-refractivity contribution in [3.8, 4) is 11.8 Å². The van der Waals surface area contributed by atoms with E-state index in [4.69, 9.17) is 4.74 Å². The summed E-state index contributed by atoms with van der Waals surface area (Å²) in [6.45, 7) is 1.68. The number of rotatable bonds is 8. The highest BCUT2D eigenvalue weighted by molar-refractivity contribution is 8.03. The molecule has 38 heavy (non-hydrogen) atoms. The number of carbonyl (C=O) groups is 2. The van der Waals surface area contributed by atoms with E-state index in [0.29, 0.717) is 27.9 Å². The summed E-state index contributed by atoms with van der Waals surface area (Å²) in [5, 5.41) is 19.3. The molecular formula is C29H25FN4O3S. The van der Waals surface area contributed by atoms with Gasteiger partial charge in [-0.3, -0.25) is 9.59 Å². The highest BCUT2D eigenvalue weighted by Crippen LogP contribution is 2.42. The third-order valence-corrected chi connectivity index (χ3v) is 6.89. The fourth-order valence-corrected chi connectivity index (χ4v) is 5.03. The summed E-state index contributed by atoms with van der Waals surface area (Å²) in [5.74, 6) is -1.85. The predicted octanol–water partition coefficient (Wildman–Crippen LogP) is 5.54. The van der Waals surface area contributed by atoms with Gasteiger partial charge in [0.25, 0.3) is 5.91 Å². The van der Waals surface area contributed by atoms with Gasteiger partial charge in [0.1, 0.15) is 11.6 Å². The van der Waals surface area contributed by atoms with Crippen LogP contribution in [-0.4, -0.2) is 24.7 Å². The largest absolute Gasteiger partial charge is 0.495 e. The second-order valence-electron chi connectivity index (χ2n) is 8.33. The molecule has 0 saturated heterocycles. The number of methoxy groups -OCH3 is 1. The first-order chi connectivity index (χ1) is 18.4. The molecule has 3 N–H and O–H groups in total. The van der Waals surface area contributed by atoms with Gasteiger partial charge in [-0.15, -0.1) is 0 Å². The summed E-state index contributed by atoms with van der Waals surface area (Å²) in [6, 6.07) is 24.1. The second-order valence-corrected chi connectivity index (χ2v) is 9.32. The molecule has 0 bridgehead atoms. The van der Waals surface area contributed by atoms with E-state index in [1.807, 2.05) is 18.2 Å². The molecular weight excluding hydrogens is 503 g/mol. The Hall–Kier alpha value is -4.55. The van der Waals surface area contributed by atoms with Crippen LogP contribution in [-0.2, 0) is 9.59 Å². The number of ether oxygens (including phenoxy) is 1. The van der Waals surface area contributed by atoms with E-state index >= 15 is 4.39 Å². The van der Waals surface area contributed by atoms with Crippen molar-refractivity contribution in [1.82, 2.24) is 5.32 Å². The number of dihydropyridines is 1. The van der Waals surface area contributed by atoms with Crippen molar-refractivity contribution in [3.05, 3.63) is 112 Å². The van der Waals surface area contributed by atoms with Gasteiger partial charge in [0, 0.05) is 22.5 Å². The molecule has 0 aliphatic carbocycles. The second kappa shape index (κ2) is 12.1. The van der Waals surface area contributed by atoms with Gasteiger partial charge in [0.2, 0.25) is 5.91 Å². The molecule has 4 rings (SSSR count). The zero-order chi connectivity index (χ0) is 27.1. The van der Waals surface area contributed by atoms with Gasteiger partial charge in [0.05, 0.1) is 41.1 Å². The molecule has 0 fully saturated rings. The smallest absolute Gasteiger partial charge is 0.254 e. The number of carbonyl (C=O) groups excluding carboxylic acids is 2. The fourth-order valence-electron chi connectivity index (χ4n) is 4.14. The van der Waals surface area contributed by atoms with Crippen LogP contribution in [0.25, 0.3) is 0 Å². The molecule has 1 unspecified atom stereocenters. The molecule has 9 heteroatoms. The van der Waals surface area contributed by atoms with Gasteiger partial charge >= 0.3 is 0 Å². The number of thioether (sulfide) groups is 1. The van der Waals surface area contributed by atoms with E-state index in [0.717, 1.165) is 11.8 Å². The Morgan fingerprint density at radius 2 is 1.71 bits per heavy atom. The average molecular weight is 529 g/mol. The number of hydrogen-bond donors (Lipinski definition) is 3. The van der Waals surface area contributed by atoms with Crippen LogP contribution in [0.3, 0.4) is 0 Å². The standard InChI is InChI=1S/C29H25FN4O3S/c1-18-26(28(36)34-23-14-8-9-15-24(23)37-2)27(20-12-6-7-13-22(20)30)21(16-31)29(32-18)38-17-25(35)33-19-10-4-3-5-11-19/h3-15,27,32H,17H2,1-2H3,(H,33,35)(H,34,36). The molecule has 1 atom stereocenters. The van der Waals surface area contributed by atoms with Gasteiger partial charge in [-0.1, -0.05) is 60.3 Å². The number of anilines is 2. The summed E-state index contributed by atoms with van der Waals surface area (Å²) in [7, 11) is 1.49. The minimum Gasteiger partial charge on any atom is -0.495 e. The molecule has 0 aromatic heterocycles. The number of hydrogen-bond acceptors (Lipinski definition) is 6. The molecule has 1 heterocycles. The van der Waals surface area contributed by atoms with E-state index in [1.165, 1.54) is 13.2 Å². The first-order valence-electron chi connectivity index (χ1n) is 11.7. The molecule has 2 amide bonds. The van der Waals surface area contributed by atoms with Crippen molar-refractivity contribution in [3.63, 3.8) is 0 Å². The van der Waals surface area contributed by atoms with Crippen molar-refractivity contribution in [1.29, 1.82) is 5.26 Å². The Labute approximate surface area is 224 Å². The van der Waals surface area contributed by atoms with E-state index < -0.39 is 17.6 Å². The van der Waals surface area contributed by atoms with E-state index in [9.17, 15) is 14.9 Å². The lowest BCUT2D eigenvalue weighted by Gasteiger charge is -2.30. The van der Waals surface area contributed by atoms with Crippen molar-refractivity contribution in [2.24, 2.45) is 0 Å². The van der Waals surface area contributed by atoms with Crippen LogP contribution in [0, 0.1) is 17.1 Å². The van der Waals surface area contributed by atoms with Crippen molar-refractivity contribution in [2.75, 3.05) is 23.5 Å². The zero-order valence-corrected chi connectivity index (χ0v) is 21.6. The Morgan fingerprint density at radius 1 is 1.03 bits per heavy atom. The van der Waals surface area contributed by atoms with Crippen LogP contribution in [0.2, 0.25) is 0 Å². The quantitative estimate of drug-likeness (QED) is 0.355. The minimum absolute atomic E-state index is 0.00240. The molecule has 0 saturated carbocycles. The van der Waals surface area contributed by atoms with Gasteiger partial charge in [-0.2, -0.15) is 5.26 Å². The van der Waals surface area contributed by atoms with Crippen molar-refractivity contribution >= 4 is 35.0 Å². The number of nitriles is 1. The van der Waals surface area contributed by atoms with Crippen LogP contribution in [0.15, 0.2) is 101 Å². The molecule has 3 aromatic carbocycles. The number of amides is 2. The topological polar surface area (TPSA) is 103 Å². The van der Waals surface area contributed by atoms with Crippen molar-refractivity contribution in [2.45, 2.75) is 12.8 Å². The number of nitrogens with one attached hydrogen (secondary N) is 3. The van der Waals surface area contributed by atoms with Crippen molar-refractivity contribution < 1.29 is 18.7 Å². The predicted molar refractivity (Wildman–Crippen MR) is 147 cm³/mol. The summed E-state index contributed by atoms with van der Waals surface area (Å²) in [6.07, 6.45) is 0. The molecule has 7 nitrogen and oxygen atoms in total. The number of nitrogens with zero attached hydrogens (tertiary/aromatic N) is 1. The van der Waals surface area contributed by atoms with Gasteiger partial charge in [0.15, 0.2) is 0 Å². The number of para-hydroxylation sites is 3. The number of allylic oxidation sites excluding steroid dienone is 2. The van der Waals surface area contributed by atoms with Crippen LogP contribution in [0.4, 0.5) is 15.8 Å². The highest BCUT2D eigenvalue weighted by Gasteiger charge is 2.36. The van der Waals surface area contributed by atoms with Crippen LogP contribution in [0.5, 0.6) is 5.75 Å². The maximum Gasteiger partial charge on any atom is 0.254 e. The maximum atomic E-state index is 15.1. The number of benzene rings is 3. The Morgan fingerprint density at radius 3 is 2.42 bits per heavy atom. The third kappa shape index (κ3) is 5.88.